The lowest BCUT2D eigenvalue weighted by molar-refractivity contribution is -0.115. The van der Waals surface area contributed by atoms with Crippen molar-refractivity contribution in [1.29, 1.82) is 0 Å². The SMILES string of the molecule is CCN(CC)CCOc1ccccc1NC(=O)Cc1ccccc1F. The molecule has 0 bridgehead atoms. The Morgan fingerprint density at radius 3 is 2.48 bits per heavy atom. The predicted octanol–water partition coefficient (Wildman–Crippen LogP) is 3.73. The number of para-hydroxylation sites is 2. The minimum absolute atomic E-state index is 0.0134. The number of nitrogens with zero attached hydrogens (tertiary/aromatic N) is 1. The lowest BCUT2D eigenvalue weighted by Gasteiger charge is -2.19. The number of ether oxygens (including phenoxy) is 1. The van der Waals surface area contributed by atoms with Crippen molar-refractivity contribution >= 4 is 11.6 Å². The van der Waals surface area contributed by atoms with E-state index in [0.717, 1.165) is 19.6 Å². The number of amides is 1. The second-order valence-corrected chi connectivity index (χ2v) is 5.69. The molecule has 0 atom stereocenters. The van der Waals surface area contributed by atoms with Crippen molar-refractivity contribution in [2.24, 2.45) is 0 Å². The summed E-state index contributed by atoms with van der Waals surface area (Å²) in [4.78, 5) is 14.5. The highest BCUT2D eigenvalue weighted by Crippen LogP contribution is 2.24. The first kappa shape index (κ1) is 18.9. The molecule has 0 spiro atoms. The fourth-order valence-corrected chi connectivity index (χ4v) is 2.53. The maximum Gasteiger partial charge on any atom is 0.229 e. The molecule has 5 heteroatoms. The Labute approximate surface area is 148 Å². The number of halogens is 1. The van der Waals surface area contributed by atoms with E-state index in [-0.39, 0.29) is 18.1 Å². The third-order valence-corrected chi connectivity index (χ3v) is 4.03. The average molecular weight is 344 g/mol. The van der Waals surface area contributed by atoms with Gasteiger partial charge >= 0.3 is 0 Å². The lowest BCUT2D eigenvalue weighted by Crippen LogP contribution is -2.28. The quantitative estimate of drug-likeness (QED) is 0.754. The highest BCUT2D eigenvalue weighted by Gasteiger charge is 2.11. The summed E-state index contributed by atoms with van der Waals surface area (Å²) < 4.78 is 19.5. The molecule has 25 heavy (non-hydrogen) atoms. The molecular weight excluding hydrogens is 319 g/mol. The largest absolute Gasteiger partial charge is 0.490 e. The van der Waals surface area contributed by atoms with Gasteiger partial charge in [0.25, 0.3) is 0 Å². The first-order valence-corrected chi connectivity index (χ1v) is 8.61. The standard InChI is InChI=1S/C20H25FN2O2/c1-3-23(4-2)13-14-25-19-12-8-7-11-18(19)22-20(24)15-16-9-5-6-10-17(16)21/h5-12H,3-4,13-15H2,1-2H3,(H,22,24). The number of carbonyl (C=O) groups is 1. The Kier molecular flexibility index (Phi) is 7.41. The summed E-state index contributed by atoms with van der Waals surface area (Å²) in [6, 6.07) is 13.6. The van der Waals surface area contributed by atoms with E-state index in [0.29, 0.717) is 23.6 Å². The summed E-state index contributed by atoms with van der Waals surface area (Å²) in [6.07, 6.45) is -0.0134. The van der Waals surface area contributed by atoms with E-state index in [1.807, 2.05) is 18.2 Å². The zero-order valence-electron chi connectivity index (χ0n) is 14.8. The van der Waals surface area contributed by atoms with Crippen molar-refractivity contribution < 1.29 is 13.9 Å². The van der Waals surface area contributed by atoms with Gasteiger partial charge < -0.3 is 15.0 Å². The highest BCUT2D eigenvalue weighted by atomic mass is 19.1. The van der Waals surface area contributed by atoms with Crippen LogP contribution in [0.2, 0.25) is 0 Å². The van der Waals surface area contributed by atoms with Crippen LogP contribution in [0.1, 0.15) is 19.4 Å². The number of hydrogen-bond donors (Lipinski definition) is 1. The third-order valence-electron chi connectivity index (χ3n) is 4.03. The van der Waals surface area contributed by atoms with E-state index in [9.17, 15) is 9.18 Å². The van der Waals surface area contributed by atoms with E-state index in [2.05, 4.69) is 24.1 Å². The fraction of sp³-hybridized carbons (Fsp3) is 0.350. The number of nitrogens with one attached hydrogen (secondary N) is 1. The molecular formula is C20H25FN2O2. The molecule has 0 heterocycles. The summed E-state index contributed by atoms with van der Waals surface area (Å²) in [5, 5.41) is 2.81. The van der Waals surface area contributed by atoms with Crippen LogP contribution >= 0.6 is 0 Å². The van der Waals surface area contributed by atoms with Gasteiger partial charge in [0.15, 0.2) is 0 Å². The number of carbonyl (C=O) groups excluding carboxylic acids is 1. The summed E-state index contributed by atoms with van der Waals surface area (Å²) >= 11 is 0. The fourth-order valence-electron chi connectivity index (χ4n) is 2.53. The van der Waals surface area contributed by atoms with Gasteiger partial charge in [-0.25, -0.2) is 4.39 Å². The molecule has 1 amide bonds. The topological polar surface area (TPSA) is 41.6 Å². The maximum absolute atomic E-state index is 13.7. The summed E-state index contributed by atoms with van der Waals surface area (Å²) in [5.41, 5.74) is 0.975. The number of rotatable bonds is 9. The van der Waals surface area contributed by atoms with Gasteiger partial charge in [-0.2, -0.15) is 0 Å². The van der Waals surface area contributed by atoms with Crippen LogP contribution in [-0.2, 0) is 11.2 Å². The Morgan fingerprint density at radius 1 is 1.08 bits per heavy atom. The van der Waals surface area contributed by atoms with Crippen LogP contribution < -0.4 is 10.1 Å². The molecule has 134 valence electrons. The molecule has 0 aliphatic rings. The zero-order valence-corrected chi connectivity index (χ0v) is 14.8. The van der Waals surface area contributed by atoms with Crippen LogP contribution in [0.15, 0.2) is 48.5 Å². The van der Waals surface area contributed by atoms with Crippen LogP contribution in [0, 0.1) is 5.82 Å². The van der Waals surface area contributed by atoms with Crippen LogP contribution in [-0.4, -0.2) is 37.0 Å². The molecule has 0 fully saturated rings. The molecule has 0 aliphatic carbocycles. The molecule has 0 saturated carbocycles. The van der Waals surface area contributed by atoms with Crippen LogP contribution in [0.3, 0.4) is 0 Å². The Balaban J connectivity index is 1.95. The summed E-state index contributed by atoms with van der Waals surface area (Å²) in [6.45, 7) is 7.54. The number of likely N-dealkylation sites (N-methyl/N-ethyl adjacent to an activating group) is 1. The molecule has 1 N–H and O–H groups in total. The molecule has 0 saturated heterocycles. The van der Waals surface area contributed by atoms with Gasteiger partial charge in [-0.15, -0.1) is 0 Å². The van der Waals surface area contributed by atoms with E-state index >= 15 is 0 Å². The number of benzene rings is 2. The van der Waals surface area contributed by atoms with E-state index < -0.39 is 0 Å². The highest BCUT2D eigenvalue weighted by molar-refractivity contribution is 5.93. The molecule has 2 rings (SSSR count). The van der Waals surface area contributed by atoms with Crippen molar-refractivity contribution in [3.63, 3.8) is 0 Å². The van der Waals surface area contributed by atoms with Gasteiger partial charge in [-0.05, 0) is 36.9 Å². The van der Waals surface area contributed by atoms with Gasteiger partial charge in [-0.3, -0.25) is 4.79 Å². The molecule has 0 aliphatic heterocycles. The van der Waals surface area contributed by atoms with Crippen LogP contribution in [0.25, 0.3) is 0 Å². The Morgan fingerprint density at radius 2 is 1.76 bits per heavy atom. The van der Waals surface area contributed by atoms with Crippen molar-refractivity contribution in [1.82, 2.24) is 4.90 Å². The van der Waals surface area contributed by atoms with Crippen LogP contribution in [0.5, 0.6) is 5.75 Å². The molecule has 4 nitrogen and oxygen atoms in total. The Bertz CT molecular complexity index is 687. The zero-order chi connectivity index (χ0) is 18.1. The molecule has 0 unspecified atom stereocenters. The van der Waals surface area contributed by atoms with Gasteiger partial charge in [-0.1, -0.05) is 44.2 Å². The second-order valence-electron chi connectivity index (χ2n) is 5.69. The van der Waals surface area contributed by atoms with Gasteiger partial charge in [0.05, 0.1) is 12.1 Å². The average Bonchev–Trinajstić information content (AvgIpc) is 2.62. The third kappa shape index (κ3) is 5.87. The first-order valence-electron chi connectivity index (χ1n) is 8.61. The molecule has 2 aromatic carbocycles. The van der Waals surface area contributed by atoms with Gasteiger partial charge in [0.2, 0.25) is 5.91 Å². The van der Waals surface area contributed by atoms with Crippen molar-refractivity contribution in [2.45, 2.75) is 20.3 Å². The number of hydrogen-bond acceptors (Lipinski definition) is 3. The van der Waals surface area contributed by atoms with E-state index in [4.69, 9.17) is 4.74 Å². The lowest BCUT2D eigenvalue weighted by atomic mass is 10.1. The smallest absolute Gasteiger partial charge is 0.229 e. The molecule has 0 aromatic heterocycles. The minimum atomic E-state index is -0.374. The number of anilines is 1. The summed E-state index contributed by atoms with van der Waals surface area (Å²) in [5.74, 6) is -0.0251. The van der Waals surface area contributed by atoms with Crippen molar-refractivity contribution in [3.8, 4) is 5.75 Å². The maximum atomic E-state index is 13.7. The first-order chi connectivity index (χ1) is 12.1. The normalized spacial score (nSPS) is 10.7. The van der Waals surface area contributed by atoms with E-state index in [1.54, 1.807) is 24.3 Å². The minimum Gasteiger partial charge on any atom is -0.490 e. The summed E-state index contributed by atoms with van der Waals surface area (Å²) in [7, 11) is 0. The van der Waals surface area contributed by atoms with Gasteiger partial charge in [0.1, 0.15) is 18.2 Å². The Hall–Kier alpha value is -2.40. The molecule has 2 aromatic rings. The predicted molar refractivity (Wildman–Crippen MR) is 98.5 cm³/mol. The second kappa shape index (κ2) is 9.79. The van der Waals surface area contributed by atoms with Crippen molar-refractivity contribution in [3.05, 3.63) is 59.9 Å². The monoisotopic (exact) mass is 344 g/mol. The van der Waals surface area contributed by atoms with Crippen LogP contribution in [0.4, 0.5) is 10.1 Å². The van der Waals surface area contributed by atoms with E-state index in [1.165, 1.54) is 6.07 Å². The van der Waals surface area contributed by atoms with Crippen molar-refractivity contribution in [2.75, 3.05) is 31.6 Å². The van der Waals surface area contributed by atoms with Gasteiger partial charge in [0, 0.05) is 6.54 Å². The molecule has 0 radical (unpaired) electrons.